The monoisotopic (exact) mass is 266 g/mol. The third-order valence-electron chi connectivity index (χ3n) is 2.29. The van der Waals surface area contributed by atoms with Crippen LogP contribution in [0.3, 0.4) is 0 Å². The van der Waals surface area contributed by atoms with E-state index in [0.717, 1.165) is 21.5 Å². The highest BCUT2D eigenvalue weighted by Crippen LogP contribution is 2.19. The minimum absolute atomic E-state index is 0.173. The number of carbonyl (C=O) groups is 1. The summed E-state index contributed by atoms with van der Waals surface area (Å²) >= 11 is 3.40. The van der Waals surface area contributed by atoms with Gasteiger partial charge in [-0.2, -0.15) is 0 Å². The van der Waals surface area contributed by atoms with E-state index in [-0.39, 0.29) is 5.78 Å². The number of imidazole rings is 1. The minimum Gasteiger partial charge on any atom is -0.303 e. The molecule has 4 heteroatoms. The summed E-state index contributed by atoms with van der Waals surface area (Å²) in [5.74, 6) is 1.11. The maximum Gasteiger partial charge on any atom is 0.134 e. The lowest BCUT2D eigenvalue weighted by molar-refractivity contribution is -0.116. The van der Waals surface area contributed by atoms with Crippen molar-refractivity contribution in [1.82, 2.24) is 9.38 Å². The van der Waals surface area contributed by atoms with Crippen LogP contribution >= 0.6 is 15.9 Å². The molecule has 0 N–H and O–H groups in total. The molecule has 0 amide bonds. The van der Waals surface area contributed by atoms with Crippen molar-refractivity contribution in [2.45, 2.75) is 20.3 Å². The van der Waals surface area contributed by atoms with Crippen molar-refractivity contribution in [2.75, 3.05) is 0 Å². The fourth-order valence-electron chi connectivity index (χ4n) is 1.64. The number of carbonyl (C=O) groups excluding carboxylic acids is 1. The number of rotatable bonds is 2. The molecule has 2 aromatic heterocycles. The van der Waals surface area contributed by atoms with E-state index in [9.17, 15) is 4.79 Å². The SMILES string of the molecule is CC(=O)Cc1ccn2c(C)nc(Br)c2c1. The van der Waals surface area contributed by atoms with E-state index in [1.165, 1.54) is 0 Å². The van der Waals surface area contributed by atoms with Crippen LogP contribution in [0, 0.1) is 6.92 Å². The van der Waals surface area contributed by atoms with Crippen LogP contribution in [-0.4, -0.2) is 15.2 Å². The molecule has 0 aliphatic rings. The Morgan fingerprint density at radius 3 is 3.00 bits per heavy atom. The molecule has 3 nitrogen and oxygen atoms in total. The topological polar surface area (TPSA) is 34.4 Å². The van der Waals surface area contributed by atoms with Crippen LogP contribution in [0.2, 0.25) is 0 Å². The van der Waals surface area contributed by atoms with Gasteiger partial charge in [-0.3, -0.25) is 4.79 Å². The Balaban J connectivity index is 2.55. The fourth-order valence-corrected chi connectivity index (χ4v) is 2.20. The summed E-state index contributed by atoms with van der Waals surface area (Å²) in [5, 5.41) is 0. The van der Waals surface area contributed by atoms with Gasteiger partial charge in [-0.15, -0.1) is 0 Å². The molecule has 0 saturated carbocycles. The molecule has 0 unspecified atom stereocenters. The normalized spacial score (nSPS) is 10.9. The summed E-state index contributed by atoms with van der Waals surface area (Å²) < 4.78 is 2.82. The number of halogens is 1. The smallest absolute Gasteiger partial charge is 0.134 e. The van der Waals surface area contributed by atoms with Crippen LogP contribution in [0.15, 0.2) is 22.9 Å². The van der Waals surface area contributed by atoms with Crippen LogP contribution in [-0.2, 0) is 11.2 Å². The maximum atomic E-state index is 11.0. The molecule has 78 valence electrons. The average molecular weight is 267 g/mol. The lowest BCUT2D eigenvalue weighted by atomic mass is 10.1. The second kappa shape index (κ2) is 3.77. The first-order chi connectivity index (χ1) is 7.08. The number of pyridine rings is 1. The first-order valence-electron chi connectivity index (χ1n) is 4.70. The summed E-state index contributed by atoms with van der Waals surface area (Å²) in [4.78, 5) is 15.3. The van der Waals surface area contributed by atoms with E-state index in [2.05, 4.69) is 20.9 Å². The van der Waals surface area contributed by atoms with E-state index < -0.39 is 0 Å². The summed E-state index contributed by atoms with van der Waals surface area (Å²) in [6.45, 7) is 3.54. The van der Waals surface area contributed by atoms with E-state index in [0.29, 0.717) is 6.42 Å². The van der Waals surface area contributed by atoms with Crippen molar-refractivity contribution in [3.63, 3.8) is 0 Å². The van der Waals surface area contributed by atoms with Crippen LogP contribution < -0.4 is 0 Å². The van der Waals surface area contributed by atoms with Gasteiger partial charge >= 0.3 is 0 Å². The van der Waals surface area contributed by atoms with E-state index >= 15 is 0 Å². The van der Waals surface area contributed by atoms with Crippen molar-refractivity contribution >= 4 is 27.2 Å². The predicted octanol–water partition coefficient (Wildman–Crippen LogP) is 2.54. The number of hydrogen-bond donors (Lipinski definition) is 0. The van der Waals surface area contributed by atoms with E-state index in [1.54, 1.807) is 6.92 Å². The molecule has 2 heterocycles. The zero-order chi connectivity index (χ0) is 11.0. The zero-order valence-corrected chi connectivity index (χ0v) is 10.2. The van der Waals surface area contributed by atoms with Gasteiger partial charge in [-0.25, -0.2) is 4.98 Å². The molecule has 0 aliphatic heterocycles. The van der Waals surface area contributed by atoms with Crippen molar-refractivity contribution in [3.05, 3.63) is 34.3 Å². The number of Topliss-reactive ketones (excluding diaryl/α,β-unsaturated/α-hetero) is 1. The Morgan fingerprint density at radius 1 is 1.60 bits per heavy atom. The number of nitrogens with zero attached hydrogens (tertiary/aromatic N) is 2. The van der Waals surface area contributed by atoms with Gasteiger partial charge in [-0.1, -0.05) is 0 Å². The molecule has 0 saturated heterocycles. The molecule has 0 fully saturated rings. The summed E-state index contributed by atoms with van der Waals surface area (Å²) in [5.41, 5.74) is 2.03. The number of fused-ring (bicyclic) bond motifs is 1. The third kappa shape index (κ3) is 1.95. The molecule has 0 radical (unpaired) electrons. The molecule has 15 heavy (non-hydrogen) atoms. The Labute approximate surface area is 96.3 Å². The Kier molecular flexibility index (Phi) is 2.61. The number of aromatic nitrogens is 2. The van der Waals surface area contributed by atoms with E-state index in [1.807, 2.05) is 29.7 Å². The molecule has 0 spiro atoms. The van der Waals surface area contributed by atoms with Crippen LogP contribution in [0.5, 0.6) is 0 Å². The number of hydrogen-bond acceptors (Lipinski definition) is 2. The van der Waals surface area contributed by atoms with Gasteiger partial charge in [0.15, 0.2) is 0 Å². The average Bonchev–Trinajstić information content (AvgIpc) is 2.41. The van der Waals surface area contributed by atoms with Crippen molar-refractivity contribution in [2.24, 2.45) is 0 Å². The van der Waals surface area contributed by atoms with E-state index in [4.69, 9.17) is 0 Å². The minimum atomic E-state index is 0.173. The Bertz CT molecular complexity index is 531. The Morgan fingerprint density at radius 2 is 2.33 bits per heavy atom. The summed E-state index contributed by atoms with van der Waals surface area (Å²) in [6.07, 6.45) is 2.42. The van der Waals surface area contributed by atoms with Gasteiger partial charge in [0, 0.05) is 12.6 Å². The highest BCUT2D eigenvalue weighted by molar-refractivity contribution is 9.10. The molecular weight excluding hydrogens is 256 g/mol. The second-order valence-electron chi connectivity index (χ2n) is 3.62. The molecule has 0 atom stereocenters. The van der Waals surface area contributed by atoms with Crippen molar-refractivity contribution in [3.8, 4) is 0 Å². The highest BCUT2D eigenvalue weighted by atomic mass is 79.9. The summed E-state index contributed by atoms with van der Waals surface area (Å²) in [6, 6.07) is 3.95. The van der Waals surface area contributed by atoms with Crippen molar-refractivity contribution in [1.29, 1.82) is 0 Å². The lowest BCUT2D eigenvalue weighted by Gasteiger charge is -2.00. The first kappa shape index (κ1) is 10.4. The summed E-state index contributed by atoms with van der Waals surface area (Å²) in [7, 11) is 0. The number of ketones is 1. The molecule has 0 aromatic carbocycles. The van der Waals surface area contributed by atoms with Gasteiger partial charge in [0.25, 0.3) is 0 Å². The van der Waals surface area contributed by atoms with Crippen LogP contribution in [0.1, 0.15) is 18.3 Å². The van der Waals surface area contributed by atoms with Gasteiger partial charge in [-0.05, 0) is 47.5 Å². The zero-order valence-electron chi connectivity index (χ0n) is 8.62. The van der Waals surface area contributed by atoms with Crippen LogP contribution in [0.4, 0.5) is 0 Å². The second-order valence-corrected chi connectivity index (χ2v) is 4.37. The maximum absolute atomic E-state index is 11.0. The van der Waals surface area contributed by atoms with Gasteiger partial charge in [0.1, 0.15) is 16.2 Å². The lowest BCUT2D eigenvalue weighted by Crippen LogP contribution is -1.97. The fraction of sp³-hybridized carbons (Fsp3) is 0.273. The quantitative estimate of drug-likeness (QED) is 0.838. The van der Waals surface area contributed by atoms with Crippen molar-refractivity contribution < 1.29 is 4.79 Å². The standard InChI is InChI=1S/C11H11BrN2O/c1-7(15)5-9-3-4-14-8(2)13-11(12)10(14)6-9/h3-4,6H,5H2,1-2H3. The Hall–Kier alpha value is -1.16. The predicted molar refractivity (Wildman–Crippen MR) is 62.0 cm³/mol. The molecule has 0 bridgehead atoms. The van der Waals surface area contributed by atoms with Gasteiger partial charge in [0.2, 0.25) is 0 Å². The first-order valence-corrected chi connectivity index (χ1v) is 5.50. The molecular formula is C11H11BrN2O. The van der Waals surface area contributed by atoms with Crippen LogP contribution in [0.25, 0.3) is 5.52 Å². The van der Waals surface area contributed by atoms with Gasteiger partial charge in [0.05, 0.1) is 5.52 Å². The molecule has 2 aromatic rings. The largest absolute Gasteiger partial charge is 0.303 e. The third-order valence-corrected chi connectivity index (χ3v) is 2.88. The number of aryl methyl sites for hydroxylation is 1. The molecule has 0 aliphatic carbocycles. The highest BCUT2D eigenvalue weighted by Gasteiger charge is 2.06. The molecule has 2 rings (SSSR count). The van der Waals surface area contributed by atoms with Gasteiger partial charge < -0.3 is 4.40 Å².